The molecule has 5 nitrogen and oxygen atoms in total. The minimum atomic E-state index is 0.317. The van der Waals surface area contributed by atoms with Crippen molar-refractivity contribution in [2.24, 2.45) is 0 Å². The number of rotatable bonds is 2. The average molecular weight is 355 g/mol. The Kier molecular flexibility index (Phi) is 4.64. The summed E-state index contributed by atoms with van der Waals surface area (Å²) in [6.45, 7) is 2.12. The summed E-state index contributed by atoms with van der Waals surface area (Å²) in [7, 11) is 5.55. The van der Waals surface area contributed by atoms with Crippen molar-refractivity contribution >= 4 is 0 Å². The maximum atomic E-state index is 5.69. The van der Waals surface area contributed by atoms with Gasteiger partial charge in [-0.25, -0.2) is 0 Å². The average Bonchev–Trinajstić information content (AvgIpc) is 3.11. The molecule has 2 aromatic rings. The first-order valence-corrected chi connectivity index (χ1v) is 9.02. The molecule has 0 fully saturated rings. The Hall–Kier alpha value is -2.40. The van der Waals surface area contributed by atoms with E-state index in [2.05, 4.69) is 30.1 Å². The van der Waals surface area contributed by atoms with E-state index in [4.69, 9.17) is 18.9 Å². The summed E-state index contributed by atoms with van der Waals surface area (Å²) in [5, 5.41) is 0. The van der Waals surface area contributed by atoms with Gasteiger partial charge >= 0.3 is 0 Å². The Balaban J connectivity index is 1.74. The van der Waals surface area contributed by atoms with E-state index in [1.54, 1.807) is 14.2 Å². The number of fused-ring (bicyclic) bond motifs is 3. The molecular formula is C21H25NO4. The highest BCUT2D eigenvalue weighted by Crippen LogP contribution is 2.38. The van der Waals surface area contributed by atoms with Crippen LogP contribution < -0.4 is 18.9 Å². The van der Waals surface area contributed by atoms with Gasteiger partial charge in [0, 0.05) is 18.7 Å². The largest absolute Gasteiger partial charge is 0.493 e. The van der Waals surface area contributed by atoms with E-state index in [-0.39, 0.29) is 0 Å². The van der Waals surface area contributed by atoms with Gasteiger partial charge in [0.2, 0.25) is 6.79 Å². The molecule has 2 heterocycles. The molecule has 0 unspecified atom stereocenters. The van der Waals surface area contributed by atoms with Gasteiger partial charge in [0.05, 0.1) is 14.2 Å². The van der Waals surface area contributed by atoms with Gasteiger partial charge in [0.25, 0.3) is 0 Å². The maximum absolute atomic E-state index is 5.69. The summed E-state index contributed by atoms with van der Waals surface area (Å²) >= 11 is 0. The maximum Gasteiger partial charge on any atom is 0.231 e. The van der Waals surface area contributed by atoms with E-state index in [1.165, 1.54) is 22.3 Å². The number of hydrogen-bond acceptors (Lipinski definition) is 5. The molecule has 2 aromatic carbocycles. The second-order valence-electron chi connectivity index (χ2n) is 6.90. The van der Waals surface area contributed by atoms with Crippen LogP contribution in [0.5, 0.6) is 23.0 Å². The highest BCUT2D eigenvalue weighted by molar-refractivity contribution is 5.52. The quantitative estimate of drug-likeness (QED) is 0.827. The van der Waals surface area contributed by atoms with Gasteiger partial charge < -0.3 is 23.8 Å². The topological polar surface area (TPSA) is 40.2 Å². The molecule has 5 heteroatoms. The fraction of sp³-hybridized carbons (Fsp3) is 0.429. The third kappa shape index (κ3) is 3.07. The molecule has 26 heavy (non-hydrogen) atoms. The van der Waals surface area contributed by atoms with E-state index in [1.807, 2.05) is 6.07 Å². The van der Waals surface area contributed by atoms with Crippen molar-refractivity contribution in [1.29, 1.82) is 0 Å². The zero-order valence-corrected chi connectivity index (χ0v) is 15.6. The molecule has 0 radical (unpaired) electrons. The molecule has 0 bridgehead atoms. The molecular weight excluding hydrogens is 330 g/mol. The van der Waals surface area contributed by atoms with Crippen LogP contribution in [0.4, 0.5) is 0 Å². The SMILES string of the molecule is COc1ccc2c(c1OC)CN(C)CCc1cc3c(cc1CC2)OCO3. The summed E-state index contributed by atoms with van der Waals surface area (Å²) in [5.74, 6) is 3.38. The van der Waals surface area contributed by atoms with Gasteiger partial charge in [-0.15, -0.1) is 0 Å². The van der Waals surface area contributed by atoms with Crippen molar-refractivity contribution in [1.82, 2.24) is 4.90 Å². The number of nitrogens with zero attached hydrogens (tertiary/aromatic N) is 1. The van der Waals surface area contributed by atoms with Gasteiger partial charge in [0.1, 0.15) is 0 Å². The smallest absolute Gasteiger partial charge is 0.231 e. The van der Waals surface area contributed by atoms with Gasteiger partial charge in [-0.3, -0.25) is 0 Å². The number of methoxy groups -OCH3 is 2. The van der Waals surface area contributed by atoms with Crippen LogP contribution in [0.25, 0.3) is 0 Å². The molecule has 0 saturated carbocycles. The van der Waals surface area contributed by atoms with Crippen molar-refractivity contribution in [2.45, 2.75) is 25.8 Å². The highest BCUT2D eigenvalue weighted by atomic mass is 16.7. The van der Waals surface area contributed by atoms with E-state index < -0.39 is 0 Å². The second-order valence-corrected chi connectivity index (χ2v) is 6.90. The van der Waals surface area contributed by atoms with Crippen molar-refractivity contribution in [3.8, 4) is 23.0 Å². The molecule has 0 N–H and O–H groups in total. The summed E-state index contributed by atoms with van der Waals surface area (Å²) < 4.78 is 22.3. The van der Waals surface area contributed by atoms with Crippen LogP contribution in [0.1, 0.15) is 22.3 Å². The second kappa shape index (κ2) is 7.08. The normalized spacial score (nSPS) is 16.6. The lowest BCUT2D eigenvalue weighted by Gasteiger charge is -2.24. The first-order chi connectivity index (χ1) is 12.7. The van der Waals surface area contributed by atoms with E-state index in [0.29, 0.717) is 6.79 Å². The molecule has 0 saturated heterocycles. The Bertz CT molecular complexity index is 818. The summed E-state index contributed by atoms with van der Waals surface area (Å²) in [4.78, 5) is 2.33. The lowest BCUT2D eigenvalue weighted by molar-refractivity contribution is 0.174. The predicted octanol–water partition coefficient (Wildman–Crippen LogP) is 3.21. The number of hydrogen-bond donors (Lipinski definition) is 0. The Morgan fingerprint density at radius 1 is 0.885 bits per heavy atom. The minimum absolute atomic E-state index is 0.317. The molecule has 0 aromatic heterocycles. The molecule has 0 amide bonds. The number of likely N-dealkylation sites (N-methyl/N-ethyl adjacent to an activating group) is 1. The number of benzene rings is 2. The van der Waals surface area contributed by atoms with Crippen LogP contribution in [0, 0.1) is 0 Å². The molecule has 2 aliphatic rings. The van der Waals surface area contributed by atoms with E-state index >= 15 is 0 Å². The zero-order chi connectivity index (χ0) is 18.1. The van der Waals surface area contributed by atoms with Crippen LogP contribution in [0.3, 0.4) is 0 Å². The van der Waals surface area contributed by atoms with Crippen LogP contribution in [0.2, 0.25) is 0 Å². The first kappa shape index (κ1) is 17.0. The molecule has 0 aliphatic carbocycles. The molecule has 2 aliphatic heterocycles. The number of aryl methyl sites for hydroxylation is 2. The molecule has 4 rings (SSSR count). The van der Waals surface area contributed by atoms with Crippen LogP contribution in [-0.2, 0) is 25.8 Å². The number of ether oxygens (including phenoxy) is 4. The van der Waals surface area contributed by atoms with Gasteiger partial charge in [-0.2, -0.15) is 0 Å². The van der Waals surface area contributed by atoms with Crippen molar-refractivity contribution in [3.05, 3.63) is 46.5 Å². The van der Waals surface area contributed by atoms with Crippen LogP contribution >= 0.6 is 0 Å². The first-order valence-electron chi connectivity index (χ1n) is 9.02. The van der Waals surface area contributed by atoms with E-state index in [0.717, 1.165) is 55.4 Å². The van der Waals surface area contributed by atoms with E-state index in [9.17, 15) is 0 Å². The van der Waals surface area contributed by atoms with Crippen molar-refractivity contribution in [3.63, 3.8) is 0 Å². The van der Waals surface area contributed by atoms with Gasteiger partial charge in [-0.05, 0) is 61.2 Å². The summed E-state index contributed by atoms with van der Waals surface area (Å²) in [6, 6.07) is 8.48. The predicted molar refractivity (Wildman–Crippen MR) is 99.6 cm³/mol. The zero-order valence-electron chi connectivity index (χ0n) is 15.6. The Morgan fingerprint density at radius 3 is 2.27 bits per heavy atom. The Morgan fingerprint density at radius 2 is 1.58 bits per heavy atom. The minimum Gasteiger partial charge on any atom is -0.493 e. The van der Waals surface area contributed by atoms with Crippen molar-refractivity contribution in [2.75, 3.05) is 34.6 Å². The third-order valence-electron chi connectivity index (χ3n) is 5.29. The van der Waals surface area contributed by atoms with Gasteiger partial charge in [-0.1, -0.05) is 6.07 Å². The highest BCUT2D eigenvalue weighted by Gasteiger charge is 2.21. The summed E-state index contributed by atoms with van der Waals surface area (Å²) in [6.07, 6.45) is 2.92. The lowest BCUT2D eigenvalue weighted by Crippen LogP contribution is -2.23. The third-order valence-corrected chi connectivity index (χ3v) is 5.29. The lowest BCUT2D eigenvalue weighted by atomic mass is 9.93. The van der Waals surface area contributed by atoms with Crippen molar-refractivity contribution < 1.29 is 18.9 Å². The fourth-order valence-electron chi connectivity index (χ4n) is 3.86. The molecule has 0 atom stereocenters. The molecule has 138 valence electrons. The van der Waals surface area contributed by atoms with Crippen LogP contribution in [-0.4, -0.2) is 39.5 Å². The van der Waals surface area contributed by atoms with Gasteiger partial charge in [0.15, 0.2) is 23.0 Å². The standard InChI is InChI=1S/C21H25NO4/c1-22-9-8-16-11-20-19(25-13-26-20)10-15(16)5-4-14-6-7-18(23-2)21(24-3)17(14)12-22/h6-7,10-11H,4-5,8-9,12-13H2,1-3H3. The molecule has 0 spiro atoms. The monoisotopic (exact) mass is 355 g/mol. The van der Waals surface area contributed by atoms with Crippen LogP contribution in [0.15, 0.2) is 24.3 Å². The fourth-order valence-corrected chi connectivity index (χ4v) is 3.86. The summed E-state index contributed by atoms with van der Waals surface area (Å²) in [5.41, 5.74) is 5.22. The Labute approximate surface area is 154 Å².